The van der Waals surface area contributed by atoms with E-state index in [1.807, 2.05) is 0 Å². The van der Waals surface area contributed by atoms with Crippen LogP contribution in [0, 0.1) is 11.3 Å². The predicted octanol–water partition coefficient (Wildman–Crippen LogP) is 5.44. The lowest BCUT2D eigenvalue weighted by molar-refractivity contribution is 0.177. The lowest BCUT2D eigenvalue weighted by Gasteiger charge is -2.40. The number of benzene rings is 1. The zero-order chi connectivity index (χ0) is 14.0. The van der Waals surface area contributed by atoms with E-state index in [1.54, 1.807) is 0 Å². The average molecular weight is 259 g/mol. The van der Waals surface area contributed by atoms with E-state index >= 15 is 0 Å². The minimum atomic E-state index is 0.525. The average Bonchev–Trinajstić information content (AvgIpc) is 2.32. The van der Waals surface area contributed by atoms with Gasteiger partial charge in [0.25, 0.3) is 0 Å². The molecule has 1 saturated carbocycles. The standard InChI is InChI=1S/C18H29N/c1-13(2)15-7-6-8-16(11-15)19-17-9-10-18(4,5)12-14(17)3/h6-8,11,13-14,17,19H,9-10,12H2,1-5H3. The number of hydrogen-bond donors (Lipinski definition) is 1. The summed E-state index contributed by atoms with van der Waals surface area (Å²) >= 11 is 0. The molecule has 0 spiro atoms. The maximum Gasteiger partial charge on any atom is 0.0345 e. The van der Waals surface area contributed by atoms with Crippen molar-refractivity contribution in [2.24, 2.45) is 11.3 Å². The van der Waals surface area contributed by atoms with Gasteiger partial charge in [-0.2, -0.15) is 0 Å². The molecule has 1 nitrogen and oxygen atoms in total. The van der Waals surface area contributed by atoms with Crippen LogP contribution in [0.5, 0.6) is 0 Å². The molecule has 0 aromatic heterocycles. The zero-order valence-electron chi connectivity index (χ0n) is 13.2. The molecule has 2 atom stereocenters. The van der Waals surface area contributed by atoms with Crippen LogP contribution in [0.2, 0.25) is 0 Å². The monoisotopic (exact) mass is 259 g/mol. The Morgan fingerprint density at radius 3 is 2.63 bits per heavy atom. The Morgan fingerprint density at radius 2 is 2.00 bits per heavy atom. The van der Waals surface area contributed by atoms with Crippen molar-refractivity contribution >= 4 is 5.69 Å². The van der Waals surface area contributed by atoms with Crippen LogP contribution in [0.15, 0.2) is 24.3 Å². The molecular formula is C18H29N. The molecule has 0 radical (unpaired) electrons. The largest absolute Gasteiger partial charge is 0.382 e. The maximum atomic E-state index is 3.76. The van der Waals surface area contributed by atoms with Gasteiger partial charge in [0.1, 0.15) is 0 Å². The zero-order valence-corrected chi connectivity index (χ0v) is 13.2. The molecule has 0 bridgehead atoms. The van der Waals surface area contributed by atoms with Crippen LogP contribution >= 0.6 is 0 Å². The molecule has 0 heterocycles. The van der Waals surface area contributed by atoms with Crippen molar-refractivity contribution in [2.45, 2.75) is 65.8 Å². The molecule has 2 rings (SSSR count). The van der Waals surface area contributed by atoms with Gasteiger partial charge in [-0.05, 0) is 54.2 Å². The van der Waals surface area contributed by atoms with E-state index in [1.165, 1.54) is 30.5 Å². The number of rotatable bonds is 3. The second kappa shape index (κ2) is 5.56. The molecule has 0 saturated heterocycles. The van der Waals surface area contributed by atoms with Crippen LogP contribution in [-0.2, 0) is 0 Å². The van der Waals surface area contributed by atoms with Crippen LogP contribution in [0.1, 0.15) is 65.4 Å². The van der Waals surface area contributed by atoms with Crippen molar-refractivity contribution in [2.75, 3.05) is 5.32 Å². The summed E-state index contributed by atoms with van der Waals surface area (Å²) in [5.41, 5.74) is 3.24. The Hall–Kier alpha value is -0.980. The summed E-state index contributed by atoms with van der Waals surface area (Å²) in [5, 5.41) is 3.76. The quantitative estimate of drug-likeness (QED) is 0.762. The van der Waals surface area contributed by atoms with Gasteiger partial charge >= 0.3 is 0 Å². The van der Waals surface area contributed by atoms with Gasteiger partial charge in [-0.3, -0.25) is 0 Å². The molecule has 1 aliphatic carbocycles. The van der Waals surface area contributed by atoms with Gasteiger partial charge in [0.15, 0.2) is 0 Å². The van der Waals surface area contributed by atoms with E-state index in [0.717, 1.165) is 5.92 Å². The highest BCUT2D eigenvalue weighted by Gasteiger charge is 2.32. The van der Waals surface area contributed by atoms with Crippen LogP contribution in [-0.4, -0.2) is 6.04 Å². The molecule has 19 heavy (non-hydrogen) atoms. The van der Waals surface area contributed by atoms with Crippen molar-refractivity contribution in [3.05, 3.63) is 29.8 Å². The lowest BCUT2D eigenvalue weighted by atomic mass is 9.70. The fourth-order valence-electron chi connectivity index (χ4n) is 3.36. The van der Waals surface area contributed by atoms with Crippen molar-refractivity contribution in [1.82, 2.24) is 0 Å². The summed E-state index contributed by atoms with van der Waals surface area (Å²) in [6, 6.07) is 9.56. The normalized spacial score (nSPS) is 26.4. The molecule has 0 aliphatic heterocycles. The Morgan fingerprint density at radius 1 is 1.26 bits per heavy atom. The highest BCUT2D eigenvalue weighted by molar-refractivity contribution is 5.47. The molecule has 106 valence electrons. The minimum Gasteiger partial charge on any atom is -0.382 e. The van der Waals surface area contributed by atoms with Crippen molar-refractivity contribution in [3.8, 4) is 0 Å². The molecule has 1 aromatic carbocycles. The fourth-order valence-corrected chi connectivity index (χ4v) is 3.36. The number of hydrogen-bond acceptors (Lipinski definition) is 1. The molecule has 2 unspecified atom stereocenters. The second-order valence-corrected chi connectivity index (χ2v) is 7.42. The van der Waals surface area contributed by atoms with E-state index in [9.17, 15) is 0 Å². The predicted molar refractivity (Wildman–Crippen MR) is 84.7 cm³/mol. The molecule has 1 N–H and O–H groups in total. The second-order valence-electron chi connectivity index (χ2n) is 7.42. The summed E-state index contributed by atoms with van der Waals surface area (Å²) in [6.07, 6.45) is 3.95. The van der Waals surface area contributed by atoms with E-state index in [2.05, 4.69) is 64.2 Å². The third-order valence-electron chi connectivity index (χ3n) is 4.60. The summed E-state index contributed by atoms with van der Waals surface area (Å²) in [6.45, 7) is 11.7. The van der Waals surface area contributed by atoms with Gasteiger partial charge in [0.05, 0.1) is 0 Å². The van der Waals surface area contributed by atoms with Crippen LogP contribution in [0.4, 0.5) is 5.69 Å². The van der Waals surface area contributed by atoms with Crippen molar-refractivity contribution in [3.63, 3.8) is 0 Å². The first kappa shape index (κ1) is 14.4. The third-order valence-corrected chi connectivity index (χ3v) is 4.60. The molecule has 1 heteroatoms. The van der Waals surface area contributed by atoms with Gasteiger partial charge in [-0.1, -0.05) is 46.8 Å². The van der Waals surface area contributed by atoms with Crippen LogP contribution in [0.25, 0.3) is 0 Å². The Bertz CT molecular complexity index is 419. The summed E-state index contributed by atoms with van der Waals surface area (Å²) in [7, 11) is 0. The molecular weight excluding hydrogens is 230 g/mol. The fraction of sp³-hybridized carbons (Fsp3) is 0.667. The van der Waals surface area contributed by atoms with Gasteiger partial charge < -0.3 is 5.32 Å². The first-order valence-electron chi connectivity index (χ1n) is 7.74. The first-order valence-corrected chi connectivity index (χ1v) is 7.74. The van der Waals surface area contributed by atoms with E-state index in [0.29, 0.717) is 17.4 Å². The highest BCUT2D eigenvalue weighted by atomic mass is 14.9. The maximum absolute atomic E-state index is 3.76. The smallest absolute Gasteiger partial charge is 0.0345 e. The first-order chi connectivity index (χ1) is 8.87. The van der Waals surface area contributed by atoms with Gasteiger partial charge in [0.2, 0.25) is 0 Å². The van der Waals surface area contributed by atoms with Crippen LogP contribution in [0.3, 0.4) is 0 Å². The summed E-state index contributed by atoms with van der Waals surface area (Å²) < 4.78 is 0. The third kappa shape index (κ3) is 3.75. The van der Waals surface area contributed by atoms with Crippen molar-refractivity contribution in [1.29, 1.82) is 0 Å². The van der Waals surface area contributed by atoms with E-state index < -0.39 is 0 Å². The summed E-state index contributed by atoms with van der Waals surface area (Å²) in [4.78, 5) is 0. The molecule has 1 fully saturated rings. The van der Waals surface area contributed by atoms with Crippen molar-refractivity contribution < 1.29 is 0 Å². The summed E-state index contributed by atoms with van der Waals surface area (Å²) in [5.74, 6) is 1.36. The van der Waals surface area contributed by atoms with Gasteiger partial charge in [0, 0.05) is 11.7 Å². The molecule has 1 aromatic rings. The Balaban J connectivity index is 2.03. The Labute approximate surface area is 118 Å². The number of nitrogens with one attached hydrogen (secondary N) is 1. The SMILES string of the molecule is CC(C)c1cccc(NC2CCC(C)(C)CC2C)c1. The highest BCUT2D eigenvalue weighted by Crippen LogP contribution is 2.39. The molecule has 0 amide bonds. The minimum absolute atomic E-state index is 0.525. The number of anilines is 1. The van der Waals surface area contributed by atoms with E-state index in [-0.39, 0.29) is 0 Å². The van der Waals surface area contributed by atoms with Gasteiger partial charge in [-0.15, -0.1) is 0 Å². The molecule has 1 aliphatic rings. The Kier molecular flexibility index (Phi) is 4.23. The van der Waals surface area contributed by atoms with E-state index in [4.69, 9.17) is 0 Å². The van der Waals surface area contributed by atoms with Crippen LogP contribution < -0.4 is 5.32 Å². The lowest BCUT2D eigenvalue weighted by Crippen LogP contribution is -2.36. The van der Waals surface area contributed by atoms with Gasteiger partial charge in [-0.25, -0.2) is 0 Å². The topological polar surface area (TPSA) is 12.0 Å².